The topological polar surface area (TPSA) is 24.5 Å². The van der Waals surface area contributed by atoms with Crippen molar-refractivity contribution in [2.75, 3.05) is 26.2 Å². The lowest BCUT2D eigenvalue weighted by Gasteiger charge is -2.14. The number of hydrogen-bond donors (Lipinski definition) is 1. The van der Waals surface area contributed by atoms with Gasteiger partial charge in [-0.1, -0.05) is 19.1 Å². The molecule has 0 aliphatic carbocycles. The van der Waals surface area contributed by atoms with Crippen molar-refractivity contribution in [3.05, 3.63) is 29.8 Å². The Balaban J connectivity index is 1.69. The number of benzene rings is 1. The van der Waals surface area contributed by atoms with Crippen molar-refractivity contribution in [1.82, 2.24) is 10.2 Å². The van der Waals surface area contributed by atoms with Gasteiger partial charge in [-0.3, -0.25) is 0 Å². The Morgan fingerprint density at radius 2 is 2.05 bits per heavy atom. The van der Waals surface area contributed by atoms with Crippen LogP contribution in [0.2, 0.25) is 0 Å². The first-order valence-corrected chi connectivity index (χ1v) is 7.86. The fourth-order valence-corrected chi connectivity index (χ4v) is 2.75. The Morgan fingerprint density at radius 3 is 2.65 bits per heavy atom. The van der Waals surface area contributed by atoms with Gasteiger partial charge in [-0.2, -0.15) is 0 Å². The molecular weight excluding hydrogens is 248 g/mol. The zero-order valence-corrected chi connectivity index (χ0v) is 13.1. The Labute approximate surface area is 123 Å². The van der Waals surface area contributed by atoms with Crippen LogP contribution in [0.1, 0.15) is 32.8 Å². The summed E-state index contributed by atoms with van der Waals surface area (Å²) in [4.78, 5) is 2.53. The van der Waals surface area contributed by atoms with Crippen LogP contribution in [0.15, 0.2) is 24.3 Å². The Hall–Kier alpha value is -1.06. The van der Waals surface area contributed by atoms with Gasteiger partial charge < -0.3 is 15.0 Å². The average molecular weight is 276 g/mol. The SMILES string of the molecule is CCN1CCC(CNCc2ccc(OC(C)C)cc2)C1. The quantitative estimate of drug-likeness (QED) is 0.829. The highest BCUT2D eigenvalue weighted by Crippen LogP contribution is 2.16. The van der Waals surface area contributed by atoms with Gasteiger partial charge in [0.2, 0.25) is 0 Å². The Morgan fingerprint density at radius 1 is 1.30 bits per heavy atom. The van der Waals surface area contributed by atoms with Crippen LogP contribution in [-0.2, 0) is 6.54 Å². The zero-order chi connectivity index (χ0) is 14.4. The van der Waals surface area contributed by atoms with Crippen molar-refractivity contribution in [3.8, 4) is 5.75 Å². The van der Waals surface area contributed by atoms with Crippen LogP contribution >= 0.6 is 0 Å². The van der Waals surface area contributed by atoms with Gasteiger partial charge in [-0.25, -0.2) is 0 Å². The van der Waals surface area contributed by atoms with Crippen molar-refractivity contribution in [1.29, 1.82) is 0 Å². The summed E-state index contributed by atoms with van der Waals surface area (Å²) in [5, 5.41) is 3.58. The normalized spacial score (nSPS) is 19.7. The first kappa shape index (κ1) is 15.3. The summed E-state index contributed by atoms with van der Waals surface area (Å²) in [5.74, 6) is 1.77. The van der Waals surface area contributed by atoms with Crippen molar-refractivity contribution in [3.63, 3.8) is 0 Å². The summed E-state index contributed by atoms with van der Waals surface area (Å²) in [6.45, 7) is 12.1. The third-order valence-electron chi connectivity index (χ3n) is 3.87. The van der Waals surface area contributed by atoms with Gasteiger partial charge in [0.05, 0.1) is 6.10 Å². The molecule has 1 aliphatic heterocycles. The maximum absolute atomic E-state index is 5.65. The van der Waals surface area contributed by atoms with Crippen LogP contribution in [0, 0.1) is 5.92 Å². The number of hydrogen-bond acceptors (Lipinski definition) is 3. The number of ether oxygens (including phenoxy) is 1. The summed E-state index contributed by atoms with van der Waals surface area (Å²) in [6.07, 6.45) is 1.57. The molecule has 3 nitrogen and oxygen atoms in total. The van der Waals surface area contributed by atoms with E-state index in [4.69, 9.17) is 4.74 Å². The molecule has 0 radical (unpaired) electrons. The molecule has 0 amide bonds. The van der Waals surface area contributed by atoms with E-state index in [2.05, 4.69) is 55.3 Å². The molecule has 0 spiro atoms. The molecule has 0 saturated carbocycles. The van der Waals surface area contributed by atoms with Crippen LogP contribution in [0.25, 0.3) is 0 Å². The maximum Gasteiger partial charge on any atom is 0.119 e. The summed E-state index contributed by atoms with van der Waals surface area (Å²) in [7, 11) is 0. The van der Waals surface area contributed by atoms with Gasteiger partial charge in [0, 0.05) is 13.1 Å². The van der Waals surface area contributed by atoms with Crippen LogP contribution < -0.4 is 10.1 Å². The second kappa shape index (κ2) is 7.65. The maximum atomic E-state index is 5.65. The highest BCUT2D eigenvalue weighted by atomic mass is 16.5. The average Bonchev–Trinajstić information content (AvgIpc) is 2.88. The summed E-state index contributed by atoms with van der Waals surface area (Å²) in [5.41, 5.74) is 1.33. The van der Waals surface area contributed by atoms with Crippen molar-refractivity contribution >= 4 is 0 Å². The molecule has 1 aromatic rings. The minimum Gasteiger partial charge on any atom is -0.491 e. The van der Waals surface area contributed by atoms with Gasteiger partial charge in [0.1, 0.15) is 5.75 Å². The standard InChI is InChI=1S/C17H28N2O/c1-4-19-10-9-16(13-19)12-18-11-15-5-7-17(8-6-15)20-14(2)3/h5-8,14,16,18H,4,9-13H2,1-3H3. The fourth-order valence-electron chi connectivity index (χ4n) is 2.75. The lowest BCUT2D eigenvalue weighted by Crippen LogP contribution is -2.26. The van der Waals surface area contributed by atoms with Crippen molar-refractivity contribution < 1.29 is 4.74 Å². The molecule has 3 heteroatoms. The molecule has 0 aromatic heterocycles. The smallest absolute Gasteiger partial charge is 0.119 e. The predicted octanol–water partition coefficient (Wildman–Crippen LogP) is 2.91. The molecule has 1 unspecified atom stereocenters. The van der Waals surface area contributed by atoms with Gasteiger partial charge in [-0.15, -0.1) is 0 Å². The highest BCUT2D eigenvalue weighted by molar-refractivity contribution is 5.27. The molecule has 1 saturated heterocycles. The molecule has 2 rings (SSSR count). The summed E-state index contributed by atoms with van der Waals surface area (Å²) in [6, 6.07) is 8.42. The first-order chi connectivity index (χ1) is 9.67. The molecular formula is C17H28N2O. The number of nitrogens with zero attached hydrogens (tertiary/aromatic N) is 1. The van der Waals surface area contributed by atoms with Crippen LogP contribution in [0.5, 0.6) is 5.75 Å². The minimum absolute atomic E-state index is 0.239. The molecule has 1 aromatic carbocycles. The van der Waals surface area contributed by atoms with Gasteiger partial charge in [-0.05, 0) is 63.5 Å². The van der Waals surface area contributed by atoms with E-state index in [1.807, 2.05) is 0 Å². The van der Waals surface area contributed by atoms with Crippen LogP contribution in [-0.4, -0.2) is 37.2 Å². The van der Waals surface area contributed by atoms with E-state index < -0.39 is 0 Å². The molecule has 112 valence electrons. The monoisotopic (exact) mass is 276 g/mol. The molecule has 20 heavy (non-hydrogen) atoms. The summed E-state index contributed by atoms with van der Waals surface area (Å²) < 4.78 is 5.65. The zero-order valence-electron chi connectivity index (χ0n) is 13.1. The molecule has 1 aliphatic rings. The predicted molar refractivity (Wildman–Crippen MR) is 84.1 cm³/mol. The molecule has 0 bridgehead atoms. The molecule has 1 atom stereocenters. The van der Waals surface area contributed by atoms with E-state index >= 15 is 0 Å². The second-order valence-electron chi connectivity index (χ2n) is 5.99. The molecule has 1 heterocycles. The Bertz CT molecular complexity index is 388. The van der Waals surface area contributed by atoms with E-state index in [0.717, 1.165) is 24.8 Å². The van der Waals surface area contributed by atoms with Crippen molar-refractivity contribution in [2.45, 2.75) is 39.8 Å². The molecule has 1 N–H and O–H groups in total. The lowest BCUT2D eigenvalue weighted by molar-refractivity contribution is 0.242. The largest absolute Gasteiger partial charge is 0.491 e. The Kier molecular flexibility index (Phi) is 5.86. The fraction of sp³-hybridized carbons (Fsp3) is 0.647. The molecule has 1 fully saturated rings. The van der Waals surface area contributed by atoms with E-state index in [-0.39, 0.29) is 6.10 Å². The van der Waals surface area contributed by atoms with E-state index in [1.54, 1.807) is 0 Å². The third-order valence-corrected chi connectivity index (χ3v) is 3.87. The number of nitrogens with one attached hydrogen (secondary N) is 1. The van der Waals surface area contributed by atoms with Crippen molar-refractivity contribution in [2.24, 2.45) is 5.92 Å². The summed E-state index contributed by atoms with van der Waals surface area (Å²) >= 11 is 0. The van der Waals surface area contributed by atoms with E-state index in [1.165, 1.54) is 31.6 Å². The first-order valence-electron chi connectivity index (χ1n) is 7.86. The second-order valence-corrected chi connectivity index (χ2v) is 5.99. The minimum atomic E-state index is 0.239. The third kappa shape index (κ3) is 4.80. The van der Waals surface area contributed by atoms with Gasteiger partial charge in [0.25, 0.3) is 0 Å². The van der Waals surface area contributed by atoms with Gasteiger partial charge in [0.15, 0.2) is 0 Å². The van der Waals surface area contributed by atoms with E-state index in [9.17, 15) is 0 Å². The van der Waals surface area contributed by atoms with Gasteiger partial charge >= 0.3 is 0 Å². The van der Waals surface area contributed by atoms with Crippen LogP contribution in [0.3, 0.4) is 0 Å². The van der Waals surface area contributed by atoms with E-state index in [0.29, 0.717) is 0 Å². The highest BCUT2D eigenvalue weighted by Gasteiger charge is 2.20. The lowest BCUT2D eigenvalue weighted by atomic mass is 10.1. The number of likely N-dealkylation sites (tertiary alicyclic amines) is 1. The number of rotatable bonds is 7. The van der Waals surface area contributed by atoms with Crippen LogP contribution in [0.4, 0.5) is 0 Å².